The third kappa shape index (κ3) is 2.16. The van der Waals surface area contributed by atoms with E-state index in [2.05, 4.69) is 5.16 Å². The first-order chi connectivity index (χ1) is 8.11. The zero-order valence-corrected chi connectivity index (χ0v) is 9.08. The second-order valence-electron chi connectivity index (χ2n) is 3.59. The maximum absolute atomic E-state index is 10.8. The summed E-state index contributed by atoms with van der Waals surface area (Å²) >= 11 is 0. The molecule has 6 nitrogen and oxygen atoms in total. The number of aromatic nitrogens is 1. The average molecular weight is 234 g/mol. The molecule has 0 radical (unpaired) electrons. The molecule has 0 saturated heterocycles. The normalized spacial score (nSPS) is 10.5. The van der Waals surface area contributed by atoms with Crippen molar-refractivity contribution in [2.75, 3.05) is 0 Å². The molecule has 0 aliphatic carbocycles. The molecule has 0 aliphatic heterocycles. The molecule has 0 atom stereocenters. The van der Waals surface area contributed by atoms with Crippen LogP contribution in [0.4, 0.5) is 5.69 Å². The number of nitrogens with zero attached hydrogens (tertiary/aromatic N) is 2. The fourth-order valence-electron chi connectivity index (χ4n) is 1.49. The summed E-state index contributed by atoms with van der Waals surface area (Å²) in [6.07, 6.45) is 0. The van der Waals surface area contributed by atoms with Crippen molar-refractivity contribution in [3.8, 4) is 11.3 Å². The van der Waals surface area contributed by atoms with Crippen LogP contribution in [0.3, 0.4) is 0 Å². The third-order valence-corrected chi connectivity index (χ3v) is 2.42. The predicted molar refractivity (Wildman–Crippen MR) is 59.3 cm³/mol. The topological polar surface area (TPSA) is 89.4 Å². The zero-order valence-electron chi connectivity index (χ0n) is 9.08. The Labute approximate surface area is 96.6 Å². The highest BCUT2D eigenvalue weighted by atomic mass is 16.6. The van der Waals surface area contributed by atoms with Gasteiger partial charge in [0.25, 0.3) is 5.69 Å². The SMILES string of the molecule is Cc1ccc(-c2cc(CO)on2)cc1[N+](=O)[O-]. The van der Waals surface area contributed by atoms with Crippen LogP contribution in [0.25, 0.3) is 11.3 Å². The maximum Gasteiger partial charge on any atom is 0.272 e. The van der Waals surface area contributed by atoms with Crippen molar-refractivity contribution < 1.29 is 14.6 Å². The largest absolute Gasteiger partial charge is 0.388 e. The molecule has 0 saturated carbocycles. The Kier molecular flexibility index (Phi) is 2.88. The van der Waals surface area contributed by atoms with Crippen molar-refractivity contribution >= 4 is 5.69 Å². The Morgan fingerprint density at radius 1 is 1.47 bits per heavy atom. The van der Waals surface area contributed by atoms with Gasteiger partial charge in [0.2, 0.25) is 0 Å². The van der Waals surface area contributed by atoms with Crippen molar-refractivity contribution in [2.24, 2.45) is 0 Å². The molecule has 0 amide bonds. The van der Waals surface area contributed by atoms with Crippen LogP contribution in [-0.4, -0.2) is 15.2 Å². The van der Waals surface area contributed by atoms with E-state index in [-0.39, 0.29) is 12.3 Å². The second-order valence-corrected chi connectivity index (χ2v) is 3.59. The lowest BCUT2D eigenvalue weighted by molar-refractivity contribution is -0.385. The van der Waals surface area contributed by atoms with E-state index in [1.807, 2.05) is 0 Å². The molecule has 0 bridgehead atoms. The third-order valence-electron chi connectivity index (χ3n) is 2.42. The minimum absolute atomic E-state index is 0.0380. The summed E-state index contributed by atoms with van der Waals surface area (Å²) < 4.78 is 4.83. The molecule has 2 aromatic rings. The summed E-state index contributed by atoms with van der Waals surface area (Å²) in [4.78, 5) is 10.3. The Balaban J connectivity index is 2.46. The fourth-order valence-corrected chi connectivity index (χ4v) is 1.49. The summed E-state index contributed by atoms with van der Waals surface area (Å²) in [5, 5.41) is 23.4. The highest BCUT2D eigenvalue weighted by Crippen LogP contribution is 2.26. The number of hydrogen-bond donors (Lipinski definition) is 1. The maximum atomic E-state index is 10.8. The molecule has 0 aliphatic rings. The highest BCUT2D eigenvalue weighted by Gasteiger charge is 2.14. The number of aliphatic hydroxyl groups is 1. The van der Waals surface area contributed by atoms with Crippen LogP contribution in [-0.2, 0) is 6.61 Å². The van der Waals surface area contributed by atoms with Gasteiger partial charge in [0, 0.05) is 23.3 Å². The van der Waals surface area contributed by atoms with E-state index >= 15 is 0 Å². The van der Waals surface area contributed by atoms with E-state index in [0.717, 1.165) is 0 Å². The van der Waals surface area contributed by atoms with Crippen LogP contribution >= 0.6 is 0 Å². The molecule has 88 valence electrons. The van der Waals surface area contributed by atoms with E-state index in [1.165, 1.54) is 6.07 Å². The van der Waals surface area contributed by atoms with E-state index in [0.29, 0.717) is 22.6 Å². The minimum atomic E-state index is -0.439. The molecule has 6 heteroatoms. The Bertz CT molecular complexity index is 562. The summed E-state index contributed by atoms with van der Waals surface area (Å²) in [5.74, 6) is 0.322. The van der Waals surface area contributed by atoms with Gasteiger partial charge in [-0.05, 0) is 6.92 Å². The highest BCUT2D eigenvalue weighted by molar-refractivity contribution is 5.63. The molecular weight excluding hydrogens is 224 g/mol. The van der Waals surface area contributed by atoms with Crippen molar-refractivity contribution in [3.63, 3.8) is 0 Å². The van der Waals surface area contributed by atoms with Crippen molar-refractivity contribution in [3.05, 3.63) is 45.7 Å². The fraction of sp³-hybridized carbons (Fsp3) is 0.182. The number of hydrogen-bond acceptors (Lipinski definition) is 5. The predicted octanol–water partition coefficient (Wildman–Crippen LogP) is 2.05. The Morgan fingerprint density at radius 3 is 2.82 bits per heavy atom. The lowest BCUT2D eigenvalue weighted by Crippen LogP contribution is -1.92. The van der Waals surface area contributed by atoms with Gasteiger partial charge in [0.05, 0.1) is 4.92 Å². The van der Waals surface area contributed by atoms with Gasteiger partial charge in [-0.15, -0.1) is 0 Å². The average Bonchev–Trinajstić information content (AvgIpc) is 2.78. The Hall–Kier alpha value is -2.21. The zero-order chi connectivity index (χ0) is 12.4. The molecule has 1 N–H and O–H groups in total. The first-order valence-corrected chi connectivity index (χ1v) is 4.93. The number of aliphatic hydroxyl groups excluding tert-OH is 1. The summed E-state index contributed by atoms with van der Waals surface area (Å²) in [7, 11) is 0. The molecule has 0 unspecified atom stereocenters. The number of aryl methyl sites for hydroxylation is 1. The van der Waals surface area contributed by atoms with E-state index in [1.54, 1.807) is 25.1 Å². The molecule has 17 heavy (non-hydrogen) atoms. The summed E-state index contributed by atoms with van der Waals surface area (Å²) in [6, 6.07) is 6.37. The van der Waals surface area contributed by atoms with Gasteiger partial charge in [-0.3, -0.25) is 10.1 Å². The molecule has 2 rings (SSSR count). The first kappa shape index (κ1) is 11.3. The second kappa shape index (κ2) is 4.34. The molecule has 1 aromatic carbocycles. The molecule has 0 fully saturated rings. The molecular formula is C11H10N2O4. The lowest BCUT2D eigenvalue weighted by atomic mass is 10.1. The minimum Gasteiger partial charge on any atom is -0.388 e. The van der Waals surface area contributed by atoms with Gasteiger partial charge in [-0.2, -0.15) is 0 Å². The number of rotatable bonds is 3. The lowest BCUT2D eigenvalue weighted by Gasteiger charge is -1.99. The number of benzene rings is 1. The van der Waals surface area contributed by atoms with Crippen molar-refractivity contribution in [2.45, 2.75) is 13.5 Å². The van der Waals surface area contributed by atoms with Crippen LogP contribution in [0.2, 0.25) is 0 Å². The van der Waals surface area contributed by atoms with Gasteiger partial charge in [0.15, 0.2) is 5.76 Å². The number of nitro benzene ring substituents is 1. The van der Waals surface area contributed by atoms with E-state index < -0.39 is 4.92 Å². The van der Waals surface area contributed by atoms with Crippen LogP contribution in [0, 0.1) is 17.0 Å². The van der Waals surface area contributed by atoms with Crippen LogP contribution in [0.1, 0.15) is 11.3 Å². The van der Waals surface area contributed by atoms with Gasteiger partial charge >= 0.3 is 0 Å². The monoisotopic (exact) mass is 234 g/mol. The van der Waals surface area contributed by atoms with Gasteiger partial charge in [-0.1, -0.05) is 17.3 Å². The standard InChI is InChI=1S/C11H10N2O4/c1-7-2-3-8(4-11(7)13(15)16)10-5-9(6-14)17-12-10/h2-5,14H,6H2,1H3. The van der Waals surface area contributed by atoms with Crippen molar-refractivity contribution in [1.82, 2.24) is 5.16 Å². The van der Waals surface area contributed by atoms with E-state index in [9.17, 15) is 10.1 Å². The van der Waals surface area contributed by atoms with Gasteiger partial charge in [0.1, 0.15) is 12.3 Å². The smallest absolute Gasteiger partial charge is 0.272 e. The number of nitro groups is 1. The summed E-state index contributed by atoms with van der Waals surface area (Å²) in [6.45, 7) is 1.42. The first-order valence-electron chi connectivity index (χ1n) is 4.93. The molecule has 0 spiro atoms. The van der Waals surface area contributed by atoms with Gasteiger partial charge in [-0.25, -0.2) is 0 Å². The van der Waals surface area contributed by atoms with Crippen molar-refractivity contribution in [1.29, 1.82) is 0 Å². The van der Waals surface area contributed by atoms with Crippen LogP contribution in [0.15, 0.2) is 28.8 Å². The molecule has 1 heterocycles. The quantitative estimate of drug-likeness (QED) is 0.648. The van der Waals surface area contributed by atoms with Crippen LogP contribution < -0.4 is 0 Å². The summed E-state index contributed by atoms with van der Waals surface area (Å²) in [5.41, 5.74) is 1.68. The van der Waals surface area contributed by atoms with E-state index in [4.69, 9.17) is 9.63 Å². The van der Waals surface area contributed by atoms with Gasteiger partial charge < -0.3 is 9.63 Å². The van der Waals surface area contributed by atoms with Crippen LogP contribution in [0.5, 0.6) is 0 Å². The Morgan fingerprint density at radius 2 is 2.24 bits per heavy atom. The molecule has 1 aromatic heterocycles.